The first-order valence-corrected chi connectivity index (χ1v) is 9.55. The molecule has 0 aliphatic rings. The van der Waals surface area contributed by atoms with Gasteiger partial charge in [0.1, 0.15) is 0 Å². The Bertz CT molecular complexity index is 1400. The number of hydrogen-bond donors (Lipinski definition) is 3. The maximum atomic E-state index is 12.5. The molecule has 0 radical (unpaired) electrons. The van der Waals surface area contributed by atoms with E-state index in [0.29, 0.717) is 16.6 Å². The van der Waals surface area contributed by atoms with Crippen LogP contribution in [0.4, 0.5) is 0 Å². The third-order valence-corrected chi connectivity index (χ3v) is 5.63. The number of pyridine rings is 1. The van der Waals surface area contributed by atoms with Gasteiger partial charge in [0, 0.05) is 23.7 Å². The molecule has 2 heterocycles. The second kappa shape index (κ2) is 6.22. The highest BCUT2D eigenvalue weighted by molar-refractivity contribution is 7.89. The smallest absolute Gasteiger partial charge is 0.408 e. The van der Waals surface area contributed by atoms with Crippen molar-refractivity contribution in [2.45, 2.75) is 18.4 Å². The number of aromatic amines is 2. The molecular weight excluding hydrogens is 370 g/mol. The molecule has 0 spiro atoms. The van der Waals surface area contributed by atoms with E-state index in [4.69, 9.17) is 4.42 Å². The molecule has 4 aromatic rings. The Labute approximate surface area is 152 Å². The number of sulfonamides is 1. The third kappa shape index (κ3) is 3.29. The van der Waals surface area contributed by atoms with Gasteiger partial charge in [-0.05, 0) is 42.6 Å². The van der Waals surface area contributed by atoms with Crippen LogP contribution in [0.2, 0.25) is 0 Å². The van der Waals surface area contributed by atoms with Crippen LogP contribution < -0.4 is 16.0 Å². The topological polar surface area (TPSA) is 125 Å². The first-order valence-electron chi connectivity index (χ1n) is 8.07. The van der Waals surface area contributed by atoms with Crippen molar-refractivity contribution >= 4 is 32.0 Å². The van der Waals surface area contributed by atoms with E-state index < -0.39 is 15.8 Å². The first-order chi connectivity index (χ1) is 12.8. The van der Waals surface area contributed by atoms with Gasteiger partial charge in [0.05, 0.1) is 10.4 Å². The van der Waals surface area contributed by atoms with Crippen LogP contribution in [0.25, 0.3) is 22.0 Å². The van der Waals surface area contributed by atoms with Crippen molar-refractivity contribution in [3.05, 3.63) is 74.5 Å². The molecule has 9 heteroatoms. The molecule has 0 saturated heterocycles. The molecule has 0 aliphatic carbocycles. The highest BCUT2D eigenvalue weighted by atomic mass is 32.2. The molecule has 138 valence electrons. The molecule has 0 amide bonds. The molecule has 0 atom stereocenters. The Balaban J connectivity index is 1.64. The average molecular weight is 385 g/mol. The van der Waals surface area contributed by atoms with Crippen molar-refractivity contribution in [3.63, 3.8) is 0 Å². The van der Waals surface area contributed by atoms with E-state index in [-0.39, 0.29) is 22.6 Å². The Morgan fingerprint density at radius 2 is 1.78 bits per heavy atom. The highest BCUT2D eigenvalue weighted by Gasteiger charge is 2.16. The van der Waals surface area contributed by atoms with Crippen molar-refractivity contribution in [1.82, 2.24) is 14.7 Å². The lowest BCUT2D eigenvalue weighted by Crippen LogP contribution is -2.27. The summed E-state index contributed by atoms with van der Waals surface area (Å²) >= 11 is 0. The van der Waals surface area contributed by atoms with Crippen LogP contribution in [0.5, 0.6) is 0 Å². The number of benzene rings is 2. The van der Waals surface area contributed by atoms with Gasteiger partial charge in [-0.1, -0.05) is 11.6 Å². The van der Waals surface area contributed by atoms with Crippen molar-refractivity contribution in [2.75, 3.05) is 0 Å². The normalized spacial score (nSPS) is 12.0. The summed E-state index contributed by atoms with van der Waals surface area (Å²) in [6, 6.07) is 11.3. The second-order valence-corrected chi connectivity index (χ2v) is 7.98. The number of nitrogens with one attached hydrogen (secondary N) is 3. The molecule has 27 heavy (non-hydrogen) atoms. The summed E-state index contributed by atoms with van der Waals surface area (Å²) in [5.41, 5.74) is 2.20. The number of aromatic nitrogens is 2. The molecule has 0 bridgehead atoms. The van der Waals surface area contributed by atoms with E-state index in [1.165, 1.54) is 18.2 Å². The second-order valence-electron chi connectivity index (χ2n) is 6.21. The summed E-state index contributed by atoms with van der Waals surface area (Å²) in [4.78, 5) is 28.5. The van der Waals surface area contributed by atoms with E-state index in [0.717, 1.165) is 10.9 Å². The standard InChI is InChI=1S/C18H15N3O5S/c1-10-2-4-14-11(6-10)7-12(17(22)20-14)9-19-27(24,25)13-3-5-15-16(8-13)26-18(23)21-15/h2-8,19H,9H2,1H3,(H,20,22)(H,21,23). The van der Waals surface area contributed by atoms with Crippen LogP contribution in [0.3, 0.4) is 0 Å². The van der Waals surface area contributed by atoms with Crippen molar-refractivity contribution < 1.29 is 12.8 Å². The lowest BCUT2D eigenvalue weighted by molar-refractivity contribution is 0.553. The molecule has 0 unspecified atom stereocenters. The van der Waals surface area contributed by atoms with Crippen LogP contribution in [0.1, 0.15) is 11.1 Å². The Morgan fingerprint density at radius 3 is 2.59 bits per heavy atom. The fourth-order valence-corrected chi connectivity index (χ4v) is 3.87. The first kappa shape index (κ1) is 17.3. The summed E-state index contributed by atoms with van der Waals surface area (Å²) in [6.45, 7) is 1.76. The maximum absolute atomic E-state index is 12.5. The lowest BCUT2D eigenvalue weighted by atomic mass is 10.1. The minimum Gasteiger partial charge on any atom is -0.408 e. The van der Waals surface area contributed by atoms with Crippen molar-refractivity contribution in [1.29, 1.82) is 0 Å². The zero-order valence-corrected chi connectivity index (χ0v) is 15.0. The van der Waals surface area contributed by atoms with Crippen LogP contribution in [0, 0.1) is 6.92 Å². The Morgan fingerprint density at radius 1 is 1.00 bits per heavy atom. The zero-order chi connectivity index (χ0) is 19.2. The average Bonchev–Trinajstić information content (AvgIpc) is 2.99. The quantitative estimate of drug-likeness (QED) is 0.493. The van der Waals surface area contributed by atoms with E-state index in [1.807, 2.05) is 19.1 Å². The minimum absolute atomic E-state index is 0.0641. The van der Waals surface area contributed by atoms with Gasteiger partial charge in [0.15, 0.2) is 5.58 Å². The van der Waals surface area contributed by atoms with Gasteiger partial charge in [0.25, 0.3) is 5.56 Å². The Kier molecular flexibility index (Phi) is 3.97. The highest BCUT2D eigenvalue weighted by Crippen LogP contribution is 2.17. The summed E-state index contributed by atoms with van der Waals surface area (Å²) in [5.74, 6) is -0.662. The van der Waals surface area contributed by atoms with E-state index in [1.54, 1.807) is 12.1 Å². The molecule has 8 nitrogen and oxygen atoms in total. The van der Waals surface area contributed by atoms with Gasteiger partial charge in [-0.25, -0.2) is 17.9 Å². The predicted octanol–water partition coefficient (Wildman–Crippen LogP) is 1.75. The minimum atomic E-state index is -3.90. The van der Waals surface area contributed by atoms with Crippen LogP contribution in [-0.4, -0.2) is 18.4 Å². The molecular formula is C18H15N3O5S. The number of rotatable bonds is 4. The van der Waals surface area contributed by atoms with Gasteiger partial charge in [0.2, 0.25) is 10.0 Å². The summed E-state index contributed by atoms with van der Waals surface area (Å²) in [6.07, 6.45) is 0. The molecule has 0 fully saturated rings. The van der Waals surface area contributed by atoms with Gasteiger partial charge in [-0.2, -0.15) is 0 Å². The third-order valence-electron chi connectivity index (χ3n) is 4.23. The van der Waals surface area contributed by atoms with E-state index in [9.17, 15) is 18.0 Å². The molecule has 3 N–H and O–H groups in total. The van der Waals surface area contributed by atoms with Crippen LogP contribution in [0.15, 0.2) is 61.4 Å². The number of oxazole rings is 1. The van der Waals surface area contributed by atoms with Gasteiger partial charge < -0.3 is 9.40 Å². The molecule has 2 aromatic carbocycles. The number of H-pyrrole nitrogens is 2. The number of aryl methyl sites for hydroxylation is 1. The van der Waals surface area contributed by atoms with Crippen molar-refractivity contribution in [2.24, 2.45) is 0 Å². The fraction of sp³-hybridized carbons (Fsp3) is 0.111. The van der Waals surface area contributed by atoms with Crippen LogP contribution in [-0.2, 0) is 16.6 Å². The lowest BCUT2D eigenvalue weighted by Gasteiger charge is -2.08. The van der Waals surface area contributed by atoms with Crippen molar-refractivity contribution in [3.8, 4) is 0 Å². The van der Waals surface area contributed by atoms with Gasteiger partial charge in [-0.15, -0.1) is 0 Å². The summed E-state index contributed by atoms with van der Waals surface area (Å²) in [5, 5.41) is 0.819. The SMILES string of the molecule is Cc1ccc2[nH]c(=O)c(CNS(=O)(=O)c3ccc4[nH]c(=O)oc4c3)cc2c1. The molecule has 0 aliphatic heterocycles. The summed E-state index contributed by atoms with van der Waals surface area (Å²) < 4.78 is 32.4. The monoisotopic (exact) mass is 385 g/mol. The number of hydrogen-bond acceptors (Lipinski definition) is 5. The van der Waals surface area contributed by atoms with Crippen LogP contribution >= 0.6 is 0 Å². The summed E-state index contributed by atoms with van der Waals surface area (Å²) in [7, 11) is -3.90. The fourth-order valence-electron chi connectivity index (χ4n) is 2.85. The van der Waals surface area contributed by atoms with E-state index >= 15 is 0 Å². The largest absolute Gasteiger partial charge is 0.417 e. The Hall–Kier alpha value is -3.17. The zero-order valence-electron chi connectivity index (χ0n) is 14.2. The maximum Gasteiger partial charge on any atom is 0.417 e. The van der Waals surface area contributed by atoms with Gasteiger partial charge in [-0.3, -0.25) is 9.78 Å². The van der Waals surface area contributed by atoms with Gasteiger partial charge >= 0.3 is 5.76 Å². The molecule has 2 aromatic heterocycles. The number of fused-ring (bicyclic) bond motifs is 2. The molecule has 0 saturated carbocycles. The molecule has 4 rings (SSSR count). The van der Waals surface area contributed by atoms with E-state index in [2.05, 4.69) is 14.7 Å². The predicted molar refractivity (Wildman–Crippen MR) is 100 cm³/mol.